The van der Waals surface area contributed by atoms with E-state index in [1.54, 1.807) is 7.11 Å². The molecule has 31 heavy (non-hydrogen) atoms. The third-order valence-corrected chi connectivity index (χ3v) is 6.35. The predicted molar refractivity (Wildman–Crippen MR) is 122 cm³/mol. The van der Waals surface area contributed by atoms with Gasteiger partial charge in [0.2, 0.25) is 5.91 Å². The molecule has 2 aromatic carbocycles. The summed E-state index contributed by atoms with van der Waals surface area (Å²) in [5, 5.41) is 10.6. The minimum Gasteiger partial charge on any atom is -0.497 e. The van der Waals surface area contributed by atoms with Crippen LogP contribution in [0.4, 0.5) is 0 Å². The van der Waals surface area contributed by atoms with Crippen LogP contribution in [0.25, 0.3) is 0 Å². The molecule has 1 heterocycles. The molecule has 0 bridgehead atoms. The second-order valence-corrected chi connectivity index (χ2v) is 8.46. The van der Waals surface area contributed by atoms with Gasteiger partial charge in [-0.2, -0.15) is 0 Å². The van der Waals surface area contributed by atoms with Crippen LogP contribution in [0.5, 0.6) is 5.75 Å². The predicted octanol–water partition coefficient (Wildman–Crippen LogP) is 5.01. The first kappa shape index (κ1) is 23.6. The summed E-state index contributed by atoms with van der Waals surface area (Å²) >= 11 is 6.05. The van der Waals surface area contributed by atoms with E-state index in [9.17, 15) is 9.90 Å². The largest absolute Gasteiger partial charge is 0.497 e. The summed E-state index contributed by atoms with van der Waals surface area (Å²) in [6.07, 6.45) is 3.08. The maximum atomic E-state index is 13.4. The highest BCUT2D eigenvalue weighted by atomic mass is 35.5. The number of aliphatic hydroxyl groups excluding tert-OH is 1. The number of rotatable bonds is 10. The zero-order chi connectivity index (χ0) is 22.2. The lowest BCUT2D eigenvalue weighted by atomic mass is 9.85. The summed E-state index contributed by atoms with van der Waals surface area (Å²) in [5.41, 5.74) is 2.14. The van der Waals surface area contributed by atoms with Gasteiger partial charge in [0.1, 0.15) is 5.75 Å². The second kappa shape index (κ2) is 11.5. The fourth-order valence-corrected chi connectivity index (χ4v) is 4.38. The smallest absolute Gasteiger partial charge is 0.226 e. The molecule has 1 unspecified atom stereocenters. The summed E-state index contributed by atoms with van der Waals surface area (Å²) in [4.78, 5) is 15.3. The van der Waals surface area contributed by atoms with Crippen molar-refractivity contribution in [1.29, 1.82) is 0 Å². The highest BCUT2D eigenvalue weighted by molar-refractivity contribution is 6.30. The van der Waals surface area contributed by atoms with E-state index in [1.807, 2.05) is 60.4 Å². The average Bonchev–Trinajstić information content (AvgIpc) is 2.80. The molecule has 6 heteroatoms. The van der Waals surface area contributed by atoms with Crippen molar-refractivity contribution in [3.05, 3.63) is 64.7 Å². The Hall–Kier alpha value is -2.08. The van der Waals surface area contributed by atoms with Gasteiger partial charge in [-0.15, -0.1) is 0 Å². The molecule has 0 radical (unpaired) electrons. The lowest BCUT2D eigenvalue weighted by molar-refractivity contribution is -0.147. The Kier molecular flexibility index (Phi) is 8.76. The van der Waals surface area contributed by atoms with Gasteiger partial charge in [0.15, 0.2) is 0 Å². The summed E-state index contributed by atoms with van der Waals surface area (Å²) in [7, 11) is 1.65. The lowest BCUT2D eigenvalue weighted by Crippen LogP contribution is -2.50. The maximum Gasteiger partial charge on any atom is 0.226 e. The van der Waals surface area contributed by atoms with Crippen LogP contribution in [0.2, 0.25) is 5.02 Å². The Balaban J connectivity index is 1.60. The number of ether oxygens (including phenoxy) is 2. The molecule has 2 aromatic rings. The van der Waals surface area contributed by atoms with Crippen LogP contribution in [0, 0.1) is 5.92 Å². The highest BCUT2D eigenvalue weighted by Crippen LogP contribution is 2.38. The van der Waals surface area contributed by atoms with Gasteiger partial charge < -0.3 is 19.5 Å². The van der Waals surface area contributed by atoms with Crippen molar-refractivity contribution in [3.8, 4) is 5.75 Å². The van der Waals surface area contributed by atoms with E-state index in [0.29, 0.717) is 31.1 Å². The molecular weight excluding hydrogens is 414 g/mol. The minimum absolute atomic E-state index is 0.0293. The molecule has 0 spiro atoms. The van der Waals surface area contributed by atoms with Crippen molar-refractivity contribution in [2.75, 3.05) is 20.3 Å². The van der Waals surface area contributed by atoms with Crippen LogP contribution >= 0.6 is 11.6 Å². The van der Waals surface area contributed by atoms with Crippen molar-refractivity contribution in [3.63, 3.8) is 0 Å². The molecule has 1 saturated heterocycles. The Morgan fingerprint density at radius 2 is 1.84 bits per heavy atom. The van der Waals surface area contributed by atoms with Gasteiger partial charge in [-0.05, 0) is 61.1 Å². The normalized spacial score (nSPS) is 20.0. The number of carbonyl (C=O) groups excluding carboxylic acids is 1. The number of likely N-dealkylation sites (tertiary alicyclic amines) is 1. The van der Waals surface area contributed by atoms with Crippen LogP contribution in [-0.2, 0) is 16.1 Å². The van der Waals surface area contributed by atoms with Crippen LogP contribution in [0.3, 0.4) is 0 Å². The quantitative estimate of drug-likeness (QED) is 0.522. The zero-order valence-corrected chi connectivity index (χ0v) is 19.1. The molecule has 1 aliphatic rings. The van der Waals surface area contributed by atoms with Gasteiger partial charge in [-0.3, -0.25) is 4.79 Å². The van der Waals surface area contributed by atoms with Crippen molar-refractivity contribution in [1.82, 2.24) is 4.90 Å². The van der Waals surface area contributed by atoms with Gasteiger partial charge in [0.25, 0.3) is 0 Å². The van der Waals surface area contributed by atoms with Crippen LogP contribution < -0.4 is 4.74 Å². The first-order valence-electron chi connectivity index (χ1n) is 11.0. The van der Waals surface area contributed by atoms with Gasteiger partial charge in [0, 0.05) is 17.5 Å². The summed E-state index contributed by atoms with van der Waals surface area (Å²) in [5.74, 6) is 0.849. The van der Waals surface area contributed by atoms with E-state index in [4.69, 9.17) is 21.1 Å². The average molecular weight is 446 g/mol. The maximum absolute atomic E-state index is 13.4. The Morgan fingerprint density at radius 3 is 2.45 bits per heavy atom. The number of aliphatic hydroxyl groups is 1. The molecule has 1 aliphatic heterocycles. The zero-order valence-electron chi connectivity index (χ0n) is 18.3. The SMILES string of the molecule is CCC(CO)N1C(=O)[C@@H](CCOCc2ccc(OC)cc2)CC[C@H]1c1ccc(Cl)cc1. The third kappa shape index (κ3) is 6.00. The number of hydrogen-bond donors (Lipinski definition) is 1. The molecular formula is C25H32ClNO4. The van der Waals surface area contributed by atoms with Gasteiger partial charge >= 0.3 is 0 Å². The standard InChI is InChI=1S/C25H32ClNO4/c1-3-22(16-28)27-24(19-6-9-21(26)10-7-19)13-8-20(25(27)29)14-15-31-17-18-4-11-23(30-2)12-5-18/h4-7,9-12,20,22,24,28H,3,8,13-17H2,1-2H3/t20-,22?,24+/m1/s1. The number of methoxy groups -OCH3 is 1. The molecule has 168 valence electrons. The molecule has 3 rings (SSSR count). The van der Waals surface area contributed by atoms with E-state index in [-0.39, 0.29) is 30.5 Å². The van der Waals surface area contributed by atoms with Crippen LogP contribution in [0.1, 0.15) is 49.8 Å². The molecule has 0 aliphatic carbocycles. The van der Waals surface area contributed by atoms with Gasteiger partial charge in [-0.1, -0.05) is 42.8 Å². The monoisotopic (exact) mass is 445 g/mol. The first-order chi connectivity index (χ1) is 15.1. The van der Waals surface area contributed by atoms with E-state index in [1.165, 1.54) is 0 Å². The molecule has 3 atom stereocenters. The number of nitrogens with zero attached hydrogens (tertiary/aromatic N) is 1. The highest BCUT2D eigenvalue weighted by Gasteiger charge is 2.38. The number of amides is 1. The van der Waals surface area contributed by atoms with Crippen molar-refractivity contribution in [2.45, 2.75) is 51.3 Å². The molecule has 5 nitrogen and oxygen atoms in total. The molecule has 0 aromatic heterocycles. The summed E-state index contributed by atoms with van der Waals surface area (Å²) < 4.78 is 11.0. The minimum atomic E-state index is -0.184. The van der Waals surface area contributed by atoms with Gasteiger partial charge in [-0.25, -0.2) is 0 Å². The Morgan fingerprint density at radius 1 is 1.13 bits per heavy atom. The number of benzene rings is 2. The molecule has 1 N–H and O–H groups in total. The van der Waals surface area contributed by atoms with E-state index in [0.717, 1.165) is 29.7 Å². The van der Waals surface area contributed by atoms with Crippen LogP contribution in [0.15, 0.2) is 48.5 Å². The van der Waals surface area contributed by atoms with Gasteiger partial charge in [0.05, 0.1) is 32.4 Å². The van der Waals surface area contributed by atoms with Crippen LogP contribution in [-0.4, -0.2) is 42.3 Å². The third-order valence-electron chi connectivity index (χ3n) is 6.10. The summed E-state index contributed by atoms with van der Waals surface area (Å²) in [6, 6.07) is 15.3. The fraction of sp³-hybridized carbons (Fsp3) is 0.480. The van der Waals surface area contributed by atoms with E-state index < -0.39 is 0 Å². The molecule has 0 saturated carbocycles. The molecule has 1 amide bonds. The number of piperidine rings is 1. The summed E-state index contributed by atoms with van der Waals surface area (Å²) in [6.45, 7) is 3.01. The van der Waals surface area contributed by atoms with Crippen molar-refractivity contribution in [2.24, 2.45) is 5.92 Å². The number of halogens is 1. The Labute approximate surface area is 189 Å². The van der Waals surface area contributed by atoms with Crippen molar-refractivity contribution >= 4 is 17.5 Å². The van der Waals surface area contributed by atoms with E-state index >= 15 is 0 Å². The number of hydrogen-bond acceptors (Lipinski definition) is 4. The molecule has 1 fully saturated rings. The van der Waals surface area contributed by atoms with E-state index in [2.05, 4.69) is 0 Å². The topological polar surface area (TPSA) is 59.0 Å². The second-order valence-electron chi connectivity index (χ2n) is 8.02. The fourth-order valence-electron chi connectivity index (χ4n) is 4.25. The Bertz CT molecular complexity index is 820. The first-order valence-corrected chi connectivity index (χ1v) is 11.3. The lowest BCUT2D eigenvalue weighted by Gasteiger charge is -2.43. The van der Waals surface area contributed by atoms with Crippen molar-refractivity contribution < 1.29 is 19.4 Å². The number of carbonyl (C=O) groups is 1.